The molecule has 4 rings (SSSR count). The molecule has 4 saturated heterocycles. The Morgan fingerprint density at radius 2 is 0.706 bits per heavy atom. The molecule has 0 spiro atoms. The lowest BCUT2D eigenvalue weighted by atomic mass is 9.97. The van der Waals surface area contributed by atoms with Gasteiger partial charge < -0.3 is 120 Å². The van der Waals surface area contributed by atoms with E-state index in [1.807, 2.05) is 0 Å². The summed E-state index contributed by atoms with van der Waals surface area (Å²) in [7, 11) is 0. The number of rotatable bonds is 27. The molecule has 4 heterocycles. The van der Waals surface area contributed by atoms with Crippen LogP contribution in [0.5, 0.6) is 0 Å². The number of aliphatic hydroxyl groups is 12. The quantitative estimate of drug-likeness (QED) is 0.0340. The molecule has 28 nitrogen and oxygen atoms in total. The van der Waals surface area contributed by atoms with Gasteiger partial charge in [0.15, 0.2) is 25.2 Å². The SMILES string of the molecule is O=C(O)CO[C@H]1[C@@H](O)[C@@H](CO)O[C@@H](O[C@H]2O[C@H](CNC(=O)CCCCCCCCCCC(=O)NC[C@H]3O[C@H](O[C@@H]4O[C@H](CO)[C@H](O)[C@H](OCC(=O)O)[C@H]4O)[C@@H](O)[C@@H](O)[C@@H]3O)[C@@H](O)[C@H](O)[C@@H]2O)[C@@H]1O. The van der Waals surface area contributed by atoms with Crippen LogP contribution in [-0.4, -0.2) is 258 Å². The van der Waals surface area contributed by atoms with E-state index in [9.17, 15) is 80.5 Å². The van der Waals surface area contributed by atoms with Crippen LogP contribution in [0.1, 0.15) is 64.2 Å². The average Bonchev–Trinajstić information content (AvgIpc) is 3.30. The predicted octanol–water partition coefficient (Wildman–Crippen LogP) is -7.41. The van der Waals surface area contributed by atoms with Crippen LogP contribution >= 0.6 is 0 Å². The molecular weight excluding hydrogens is 924 g/mol. The summed E-state index contributed by atoms with van der Waals surface area (Å²) < 4.78 is 42.9. The Hall–Kier alpha value is -2.92. The van der Waals surface area contributed by atoms with E-state index in [1.165, 1.54) is 0 Å². The molecule has 394 valence electrons. The van der Waals surface area contributed by atoms with Crippen molar-refractivity contribution in [2.45, 2.75) is 187 Å². The van der Waals surface area contributed by atoms with E-state index in [2.05, 4.69) is 10.6 Å². The molecule has 0 aromatic heterocycles. The normalized spacial score (nSPS) is 38.7. The Bertz CT molecular complexity index is 1440. The molecular formula is C40H68N2O26. The molecule has 68 heavy (non-hydrogen) atoms. The zero-order chi connectivity index (χ0) is 50.2. The number of hydrogen-bond donors (Lipinski definition) is 16. The third kappa shape index (κ3) is 16.3. The highest BCUT2D eigenvalue weighted by Crippen LogP contribution is 2.31. The van der Waals surface area contributed by atoms with E-state index < -0.39 is 161 Å². The van der Waals surface area contributed by atoms with Crippen LogP contribution in [0.15, 0.2) is 0 Å². The van der Waals surface area contributed by atoms with Crippen molar-refractivity contribution in [1.29, 1.82) is 0 Å². The van der Waals surface area contributed by atoms with E-state index in [0.717, 1.165) is 38.5 Å². The van der Waals surface area contributed by atoms with Crippen LogP contribution in [-0.2, 0) is 57.1 Å². The van der Waals surface area contributed by atoms with Crippen molar-refractivity contribution in [2.24, 2.45) is 0 Å². The monoisotopic (exact) mass is 992 g/mol. The second kappa shape index (κ2) is 28.2. The first kappa shape index (κ1) is 57.7. The van der Waals surface area contributed by atoms with E-state index in [1.54, 1.807) is 0 Å². The Labute approximate surface area is 389 Å². The van der Waals surface area contributed by atoms with Crippen molar-refractivity contribution in [3.8, 4) is 0 Å². The minimum absolute atomic E-state index is 0.129. The number of carbonyl (C=O) groups is 4. The average molecular weight is 993 g/mol. The smallest absolute Gasteiger partial charge is 0.329 e. The van der Waals surface area contributed by atoms with E-state index in [4.69, 9.17) is 48.1 Å². The number of carboxylic acid groups (broad SMARTS) is 2. The lowest BCUT2D eigenvalue weighted by Crippen LogP contribution is -2.64. The second-order valence-corrected chi connectivity index (χ2v) is 17.0. The summed E-state index contributed by atoms with van der Waals surface area (Å²) in [5.74, 6) is -3.60. The number of ether oxygens (including phenoxy) is 8. The topological polar surface area (TPSA) is 449 Å². The minimum Gasteiger partial charge on any atom is -0.480 e. The number of amides is 2. The molecule has 0 bridgehead atoms. The maximum absolute atomic E-state index is 12.6. The van der Waals surface area contributed by atoms with Crippen molar-refractivity contribution in [1.82, 2.24) is 10.6 Å². The van der Waals surface area contributed by atoms with Crippen molar-refractivity contribution < 1.29 is 129 Å². The van der Waals surface area contributed by atoms with E-state index in [-0.39, 0.29) is 37.7 Å². The van der Waals surface area contributed by atoms with Gasteiger partial charge in [0, 0.05) is 25.9 Å². The fraction of sp³-hybridized carbons (Fsp3) is 0.900. The molecule has 0 saturated carbocycles. The first-order chi connectivity index (χ1) is 32.3. The van der Waals surface area contributed by atoms with Gasteiger partial charge in [-0.05, 0) is 12.8 Å². The van der Waals surface area contributed by atoms with Gasteiger partial charge in [-0.2, -0.15) is 0 Å². The predicted molar refractivity (Wildman–Crippen MR) is 218 cm³/mol. The van der Waals surface area contributed by atoms with Crippen LogP contribution in [0.4, 0.5) is 0 Å². The summed E-state index contributed by atoms with van der Waals surface area (Å²) in [5, 5.41) is 147. The third-order valence-electron chi connectivity index (χ3n) is 11.9. The summed E-state index contributed by atoms with van der Waals surface area (Å²) in [6, 6.07) is 0. The first-order valence-corrected chi connectivity index (χ1v) is 22.4. The second-order valence-electron chi connectivity index (χ2n) is 17.0. The Kier molecular flexibility index (Phi) is 23.9. The van der Waals surface area contributed by atoms with Crippen molar-refractivity contribution in [3.05, 3.63) is 0 Å². The summed E-state index contributed by atoms with van der Waals surface area (Å²) in [6.45, 7) is -4.03. The Morgan fingerprint density at radius 1 is 0.397 bits per heavy atom. The van der Waals surface area contributed by atoms with Gasteiger partial charge >= 0.3 is 11.9 Å². The van der Waals surface area contributed by atoms with E-state index in [0.29, 0.717) is 12.8 Å². The van der Waals surface area contributed by atoms with Crippen molar-refractivity contribution in [2.75, 3.05) is 39.5 Å². The van der Waals surface area contributed by atoms with Gasteiger partial charge in [-0.15, -0.1) is 0 Å². The highest BCUT2D eigenvalue weighted by molar-refractivity contribution is 5.76. The molecule has 4 fully saturated rings. The third-order valence-corrected chi connectivity index (χ3v) is 11.9. The van der Waals surface area contributed by atoms with Gasteiger partial charge in [-0.25, -0.2) is 9.59 Å². The van der Waals surface area contributed by atoms with Crippen LogP contribution in [0, 0.1) is 0 Å². The van der Waals surface area contributed by atoms with Crippen molar-refractivity contribution >= 4 is 23.8 Å². The summed E-state index contributed by atoms with van der Waals surface area (Å²) in [5.41, 5.74) is 0. The van der Waals surface area contributed by atoms with Crippen molar-refractivity contribution in [3.63, 3.8) is 0 Å². The molecule has 0 aromatic rings. The van der Waals surface area contributed by atoms with Gasteiger partial charge in [0.1, 0.15) is 111 Å². The van der Waals surface area contributed by atoms with Gasteiger partial charge in [0.25, 0.3) is 0 Å². The van der Waals surface area contributed by atoms with Crippen LogP contribution in [0.25, 0.3) is 0 Å². The molecule has 4 aliphatic rings. The zero-order valence-corrected chi connectivity index (χ0v) is 37.0. The standard InChI is InChI=1S/C40H68N2O26/c43-13-19-27(53)35(61-15-23(47)48)33(59)39(65-19)67-37-31(57)29(55)25(51)17(63-37)11-41-21(45)9-7-5-3-1-2-4-6-8-10-22(46)42-12-18-26(52)30(56)32(58)38(64-18)68-40-34(60)36(62-16-24(49)50)28(54)20(14-44)66-40/h17-20,25-40,43-44,51-60H,1-16H2,(H,41,45)(H,42,46)(H,47,48)(H,49,50)/t17-,18-,19-,20-,25-,26-,27+,28+,29+,30+,31+,32+,33-,34-,35+,36+,37-,38-,39+,40+/m1/s1. The number of carboxylic acids is 2. The highest BCUT2D eigenvalue weighted by Gasteiger charge is 2.52. The lowest BCUT2D eigenvalue weighted by molar-refractivity contribution is -0.376. The number of aliphatic carboxylic acids is 2. The number of aliphatic hydroxyl groups excluding tert-OH is 12. The minimum atomic E-state index is -1.88. The first-order valence-electron chi connectivity index (χ1n) is 22.4. The molecule has 28 heteroatoms. The maximum Gasteiger partial charge on any atom is 0.329 e. The number of unbranched alkanes of at least 4 members (excludes halogenated alkanes) is 7. The summed E-state index contributed by atoms with van der Waals surface area (Å²) in [4.78, 5) is 47.1. The number of hydrogen-bond acceptors (Lipinski definition) is 24. The number of carbonyl (C=O) groups excluding carboxylic acids is 2. The fourth-order valence-electron chi connectivity index (χ4n) is 7.96. The van der Waals surface area contributed by atoms with Gasteiger partial charge in [0.05, 0.1) is 13.2 Å². The number of nitrogens with one attached hydrogen (secondary N) is 2. The molecule has 20 atom stereocenters. The fourth-order valence-corrected chi connectivity index (χ4v) is 7.96. The largest absolute Gasteiger partial charge is 0.480 e. The summed E-state index contributed by atoms with van der Waals surface area (Å²) in [6.07, 6.45) is -27.3. The van der Waals surface area contributed by atoms with Gasteiger partial charge in [-0.1, -0.05) is 38.5 Å². The molecule has 0 radical (unpaired) electrons. The van der Waals surface area contributed by atoms with Crippen LogP contribution < -0.4 is 10.6 Å². The van der Waals surface area contributed by atoms with Crippen LogP contribution in [0.3, 0.4) is 0 Å². The maximum atomic E-state index is 12.6. The molecule has 16 N–H and O–H groups in total. The molecule has 4 aliphatic heterocycles. The molecule has 2 amide bonds. The summed E-state index contributed by atoms with van der Waals surface area (Å²) >= 11 is 0. The highest BCUT2D eigenvalue weighted by atomic mass is 16.8. The van der Waals surface area contributed by atoms with Gasteiger partial charge in [-0.3, -0.25) is 9.59 Å². The van der Waals surface area contributed by atoms with Gasteiger partial charge in [0.2, 0.25) is 11.8 Å². The lowest BCUT2D eigenvalue weighted by Gasteiger charge is -2.45. The molecule has 0 aromatic carbocycles. The zero-order valence-electron chi connectivity index (χ0n) is 37.0. The molecule has 0 unspecified atom stereocenters. The Balaban J connectivity index is 1.08. The van der Waals surface area contributed by atoms with E-state index >= 15 is 0 Å². The molecule has 0 aliphatic carbocycles. The van der Waals surface area contributed by atoms with Crippen LogP contribution in [0.2, 0.25) is 0 Å². The Morgan fingerprint density at radius 3 is 1.03 bits per heavy atom.